The van der Waals surface area contributed by atoms with Crippen LogP contribution in [0.5, 0.6) is 0 Å². The summed E-state index contributed by atoms with van der Waals surface area (Å²) in [5, 5.41) is 7.73. The molecule has 0 atom stereocenters. The molecule has 0 saturated carbocycles. The first-order chi connectivity index (χ1) is 9.76. The van der Waals surface area contributed by atoms with E-state index >= 15 is 0 Å². The quantitative estimate of drug-likeness (QED) is 0.790. The number of nitrogens with one attached hydrogen (secondary N) is 1. The van der Waals surface area contributed by atoms with Gasteiger partial charge < -0.3 is 10.1 Å². The highest BCUT2D eigenvalue weighted by Crippen LogP contribution is 2.08. The molecule has 20 heavy (non-hydrogen) atoms. The van der Waals surface area contributed by atoms with Gasteiger partial charge in [0, 0.05) is 32.4 Å². The standard InChI is InChI=1S/C13H17N5O2/c1-20-13(19)10-2-3-12-15-11(16-18(12)8-10)9-17-6-4-14-5-7-17/h2-3,8,14H,4-7,9H2,1H3. The predicted molar refractivity (Wildman–Crippen MR) is 72.5 cm³/mol. The van der Waals surface area contributed by atoms with Gasteiger partial charge >= 0.3 is 5.97 Å². The monoisotopic (exact) mass is 275 g/mol. The van der Waals surface area contributed by atoms with E-state index in [1.54, 1.807) is 22.8 Å². The Balaban J connectivity index is 1.81. The van der Waals surface area contributed by atoms with Gasteiger partial charge in [-0.3, -0.25) is 4.90 Å². The number of esters is 1. The molecule has 2 aromatic heterocycles. The third-order valence-electron chi connectivity index (χ3n) is 3.37. The molecular weight excluding hydrogens is 258 g/mol. The topological polar surface area (TPSA) is 71.8 Å². The molecule has 0 aromatic carbocycles. The van der Waals surface area contributed by atoms with E-state index in [1.807, 2.05) is 0 Å². The summed E-state index contributed by atoms with van der Waals surface area (Å²) in [5.41, 5.74) is 1.21. The van der Waals surface area contributed by atoms with Crippen molar-refractivity contribution in [3.05, 3.63) is 29.7 Å². The SMILES string of the molecule is COC(=O)c1ccc2nc(CN3CCNCC3)nn2c1. The Kier molecular flexibility index (Phi) is 3.62. The minimum atomic E-state index is -0.369. The number of ether oxygens (including phenoxy) is 1. The van der Waals surface area contributed by atoms with Crippen LogP contribution in [0.1, 0.15) is 16.2 Å². The Hall–Kier alpha value is -1.99. The van der Waals surface area contributed by atoms with Crippen molar-refractivity contribution in [3.63, 3.8) is 0 Å². The van der Waals surface area contributed by atoms with Crippen LogP contribution in [0.4, 0.5) is 0 Å². The predicted octanol–water partition coefficient (Wildman–Crippen LogP) is -0.0789. The maximum Gasteiger partial charge on any atom is 0.339 e. The molecule has 0 spiro atoms. The van der Waals surface area contributed by atoms with E-state index in [1.165, 1.54) is 7.11 Å². The van der Waals surface area contributed by atoms with Gasteiger partial charge in [-0.2, -0.15) is 0 Å². The molecule has 106 valence electrons. The lowest BCUT2D eigenvalue weighted by atomic mass is 10.3. The summed E-state index contributed by atoms with van der Waals surface area (Å²) in [6.45, 7) is 4.74. The molecule has 0 aliphatic carbocycles. The number of methoxy groups -OCH3 is 1. The van der Waals surface area contributed by atoms with Crippen LogP contribution < -0.4 is 5.32 Å². The highest BCUT2D eigenvalue weighted by atomic mass is 16.5. The molecule has 0 radical (unpaired) electrons. The molecule has 1 saturated heterocycles. The smallest absolute Gasteiger partial charge is 0.339 e. The molecular formula is C13H17N5O2. The van der Waals surface area contributed by atoms with Crippen molar-refractivity contribution in [2.75, 3.05) is 33.3 Å². The zero-order valence-corrected chi connectivity index (χ0v) is 11.4. The summed E-state index contributed by atoms with van der Waals surface area (Å²) in [6, 6.07) is 3.48. The van der Waals surface area contributed by atoms with Gasteiger partial charge in [0.05, 0.1) is 19.2 Å². The third-order valence-corrected chi connectivity index (χ3v) is 3.37. The van der Waals surface area contributed by atoms with Crippen molar-refractivity contribution >= 4 is 11.6 Å². The number of rotatable bonds is 3. The number of nitrogens with zero attached hydrogens (tertiary/aromatic N) is 4. The molecule has 3 heterocycles. The summed E-state index contributed by atoms with van der Waals surface area (Å²) in [4.78, 5) is 18.3. The van der Waals surface area contributed by atoms with Crippen molar-refractivity contribution in [2.24, 2.45) is 0 Å². The number of pyridine rings is 1. The Labute approximate surface area is 116 Å². The van der Waals surface area contributed by atoms with Crippen LogP contribution in [-0.2, 0) is 11.3 Å². The van der Waals surface area contributed by atoms with Gasteiger partial charge in [-0.1, -0.05) is 0 Å². The minimum Gasteiger partial charge on any atom is -0.465 e. The second-order valence-corrected chi connectivity index (χ2v) is 4.77. The van der Waals surface area contributed by atoms with Gasteiger partial charge in [-0.25, -0.2) is 14.3 Å². The number of carbonyl (C=O) groups excluding carboxylic acids is 1. The highest BCUT2D eigenvalue weighted by Gasteiger charge is 2.14. The first-order valence-electron chi connectivity index (χ1n) is 6.63. The molecule has 0 unspecified atom stereocenters. The fourth-order valence-electron chi connectivity index (χ4n) is 2.30. The summed E-state index contributed by atoms with van der Waals surface area (Å²) < 4.78 is 6.33. The number of hydrogen-bond donors (Lipinski definition) is 1. The van der Waals surface area contributed by atoms with E-state index in [-0.39, 0.29) is 5.97 Å². The summed E-state index contributed by atoms with van der Waals surface area (Å²) >= 11 is 0. The molecule has 0 bridgehead atoms. The second-order valence-electron chi connectivity index (χ2n) is 4.77. The van der Waals surface area contributed by atoms with Crippen molar-refractivity contribution in [3.8, 4) is 0 Å². The van der Waals surface area contributed by atoms with Crippen LogP contribution in [0.25, 0.3) is 5.65 Å². The maximum atomic E-state index is 11.5. The first kappa shape index (κ1) is 13.0. The van der Waals surface area contributed by atoms with Crippen LogP contribution in [0.15, 0.2) is 18.3 Å². The zero-order chi connectivity index (χ0) is 13.9. The largest absolute Gasteiger partial charge is 0.465 e. The number of aromatic nitrogens is 3. The van der Waals surface area contributed by atoms with E-state index in [2.05, 4.69) is 20.3 Å². The van der Waals surface area contributed by atoms with E-state index in [0.29, 0.717) is 5.56 Å². The summed E-state index contributed by atoms with van der Waals surface area (Å²) in [7, 11) is 1.36. The van der Waals surface area contributed by atoms with Crippen molar-refractivity contribution in [1.82, 2.24) is 24.8 Å². The van der Waals surface area contributed by atoms with E-state index in [4.69, 9.17) is 4.74 Å². The van der Waals surface area contributed by atoms with Gasteiger partial charge in [-0.15, -0.1) is 5.10 Å². The third kappa shape index (κ3) is 2.63. The molecule has 1 N–H and O–H groups in total. The van der Waals surface area contributed by atoms with Gasteiger partial charge in [0.1, 0.15) is 0 Å². The summed E-state index contributed by atoms with van der Waals surface area (Å²) in [5.74, 6) is 0.403. The lowest BCUT2D eigenvalue weighted by Gasteiger charge is -2.25. The Morgan fingerprint density at radius 2 is 2.20 bits per heavy atom. The van der Waals surface area contributed by atoms with Gasteiger partial charge in [0.2, 0.25) is 0 Å². The summed E-state index contributed by atoms with van der Waals surface area (Å²) in [6.07, 6.45) is 1.65. The van der Waals surface area contributed by atoms with E-state index < -0.39 is 0 Å². The Morgan fingerprint density at radius 3 is 2.95 bits per heavy atom. The lowest BCUT2D eigenvalue weighted by Crippen LogP contribution is -2.43. The average Bonchev–Trinajstić information content (AvgIpc) is 2.88. The molecule has 1 aliphatic rings. The van der Waals surface area contributed by atoms with Crippen LogP contribution in [-0.4, -0.2) is 58.8 Å². The van der Waals surface area contributed by atoms with Crippen LogP contribution in [0.3, 0.4) is 0 Å². The molecule has 3 rings (SSSR count). The molecule has 1 fully saturated rings. The maximum absolute atomic E-state index is 11.5. The van der Waals surface area contributed by atoms with Crippen molar-refractivity contribution in [1.29, 1.82) is 0 Å². The highest BCUT2D eigenvalue weighted by molar-refractivity contribution is 5.89. The van der Waals surface area contributed by atoms with Gasteiger partial charge in [0.25, 0.3) is 0 Å². The van der Waals surface area contributed by atoms with Crippen LogP contribution >= 0.6 is 0 Å². The second kappa shape index (κ2) is 5.56. The molecule has 7 nitrogen and oxygen atoms in total. The van der Waals surface area contributed by atoms with E-state index in [9.17, 15) is 4.79 Å². The fraction of sp³-hybridized carbons (Fsp3) is 0.462. The molecule has 1 aliphatic heterocycles. The van der Waals surface area contributed by atoms with Crippen LogP contribution in [0, 0.1) is 0 Å². The van der Waals surface area contributed by atoms with Crippen molar-refractivity contribution in [2.45, 2.75) is 6.54 Å². The fourth-order valence-corrected chi connectivity index (χ4v) is 2.30. The molecule has 0 amide bonds. The Morgan fingerprint density at radius 1 is 1.40 bits per heavy atom. The number of fused-ring (bicyclic) bond motifs is 1. The zero-order valence-electron chi connectivity index (χ0n) is 11.4. The molecule has 2 aromatic rings. The number of piperazine rings is 1. The first-order valence-corrected chi connectivity index (χ1v) is 6.63. The Bertz CT molecular complexity index is 618. The van der Waals surface area contributed by atoms with Crippen LogP contribution in [0.2, 0.25) is 0 Å². The van der Waals surface area contributed by atoms with Crippen molar-refractivity contribution < 1.29 is 9.53 Å². The van der Waals surface area contributed by atoms with E-state index in [0.717, 1.165) is 44.2 Å². The molecule has 7 heteroatoms. The average molecular weight is 275 g/mol. The lowest BCUT2D eigenvalue weighted by molar-refractivity contribution is 0.0600. The van der Waals surface area contributed by atoms with Gasteiger partial charge in [0.15, 0.2) is 11.5 Å². The van der Waals surface area contributed by atoms with Gasteiger partial charge in [-0.05, 0) is 12.1 Å². The minimum absolute atomic E-state index is 0.369. The number of hydrogen-bond acceptors (Lipinski definition) is 6. The normalized spacial score (nSPS) is 16.4. The number of carbonyl (C=O) groups is 1.